The van der Waals surface area contributed by atoms with Crippen LogP contribution in [0.5, 0.6) is 0 Å². The van der Waals surface area contributed by atoms with Crippen LogP contribution in [0.15, 0.2) is 34.9 Å². The van der Waals surface area contributed by atoms with E-state index < -0.39 is 0 Å². The second-order valence-electron chi connectivity index (χ2n) is 5.92. The van der Waals surface area contributed by atoms with Gasteiger partial charge in [-0.2, -0.15) is 0 Å². The van der Waals surface area contributed by atoms with Crippen LogP contribution in [0.4, 0.5) is 0 Å². The van der Waals surface area contributed by atoms with E-state index in [9.17, 15) is 0 Å². The van der Waals surface area contributed by atoms with Crippen molar-refractivity contribution in [3.8, 4) is 0 Å². The summed E-state index contributed by atoms with van der Waals surface area (Å²) in [5.41, 5.74) is 2.84. The van der Waals surface area contributed by atoms with Gasteiger partial charge in [-0.15, -0.1) is 0 Å². The minimum absolute atomic E-state index is 0.210. The molecule has 0 saturated carbocycles. The average molecular weight is 258 g/mol. The van der Waals surface area contributed by atoms with E-state index in [2.05, 4.69) is 55.3 Å². The van der Waals surface area contributed by atoms with Crippen molar-refractivity contribution in [2.75, 3.05) is 0 Å². The molecule has 1 N–H and O–H groups in total. The van der Waals surface area contributed by atoms with Gasteiger partial charge in [-0.25, -0.2) is 4.98 Å². The Kier molecular flexibility index (Phi) is 4.05. The quantitative estimate of drug-likeness (QED) is 0.911. The van der Waals surface area contributed by atoms with Gasteiger partial charge < -0.3 is 9.73 Å². The van der Waals surface area contributed by atoms with Crippen molar-refractivity contribution in [3.63, 3.8) is 0 Å². The van der Waals surface area contributed by atoms with Crippen molar-refractivity contribution in [1.82, 2.24) is 10.3 Å². The van der Waals surface area contributed by atoms with Crippen LogP contribution in [0.3, 0.4) is 0 Å². The first-order valence-electron chi connectivity index (χ1n) is 6.66. The van der Waals surface area contributed by atoms with Crippen molar-refractivity contribution in [1.29, 1.82) is 0 Å². The number of aromatic nitrogens is 1. The summed E-state index contributed by atoms with van der Waals surface area (Å²) < 4.78 is 5.41. The fourth-order valence-electron chi connectivity index (χ4n) is 1.92. The maximum absolute atomic E-state index is 5.41. The Morgan fingerprint density at radius 2 is 1.79 bits per heavy atom. The normalized spacial score (nSPS) is 11.8. The Morgan fingerprint density at radius 3 is 2.32 bits per heavy atom. The van der Waals surface area contributed by atoms with Crippen LogP contribution in [-0.4, -0.2) is 4.98 Å². The Morgan fingerprint density at radius 1 is 1.11 bits per heavy atom. The van der Waals surface area contributed by atoms with Crippen LogP contribution >= 0.6 is 0 Å². The summed E-state index contributed by atoms with van der Waals surface area (Å²) in [4.78, 5) is 4.16. The van der Waals surface area contributed by atoms with E-state index in [4.69, 9.17) is 4.42 Å². The van der Waals surface area contributed by atoms with E-state index in [1.807, 2.05) is 6.92 Å². The summed E-state index contributed by atoms with van der Waals surface area (Å²) in [6.07, 6.45) is 1.75. The number of hydrogen-bond acceptors (Lipinski definition) is 3. The summed E-state index contributed by atoms with van der Waals surface area (Å²) >= 11 is 0. The monoisotopic (exact) mass is 258 g/mol. The Labute approximate surface area is 115 Å². The molecule has 0 amide bonds. The number of oxazole rings is 1. The molecule has 0 bridgehead atoms. The lowest BCUT2D eigenvalue weighted by Crippen LogP contribution is -2.14. The molecule has 0 spiro atoms. The topological polar surface area (TPSA) is 38.1 Å². The molecule has 2 rings (SSSR count). The van der Waals surface area contributed by atoms with Gasteiger partial charge in [-0.05, 0) is 23.5 Å². The Balaban J connectivity index is 1.86. The molecule has 3 heteroatoms. The predicted octanol–water partition coefficient (Wildman–Crippen LogP) is 3.57. The molecule has 0 unspecified atom stereocenters. The first-order chi connectivity index (χ1) is 8.95. The molecule has 2 aromatic rings. The van der Waals surface area contributed by atoms with Crippen LogP contribution in [0.2, 0.25) is 0 Å². The zero-order valence-corrected chi connectivity index (χ0v) is 12.2. The van der Waals surface area contributed by atoms with Gasteiger partial charge in [0, 0.05) is 6.54 Å². The highest BCUT2D eigenvalue weighted by Gasteiger charge is 2.12. The van der Waals surface area contributed by atoms with Crippen molar-refractivity contribution in [3.05, 3.63) is 53.2 Å². The highest BCUT2D eigenvalue weighted by atomic mass is 16.4. The van der Waals surface area contributed by atoms with Gasteiger partial charge >= 0.3 is 0 Å². The third-order valence-corrected chi connectivity index (χ3v) is 3.09. The smallest absolute Gasteiger partial charge is 0.208 e. The van der Waals surface area contributed by atoms with Gasteiger partial charge in [0.15, 0.2) is 0 Å². The molecule has 0 aliphatic rings. The highest BCUT2D eigenvalue weighted by molar-refractivity contribution is 5.27. The number of aryl methyl sites for hydroxylation is 1. The lowest BCUT2D eigenvalue weighted by atomic mass is 9.87. The lowest BCUT2D eigenvalue weighted by Gasteiger charge is -2.19. The van der Waals surface area contributed by atoms with Crippen LogP contribution < -0.4 is 5.32 Å². The van der Waals surface area contributed by atoms with Crippen molar-refractivity contribution >= 4 is 0 Å². The summed E-state index contributed by atoms with van der Waals surface area (Å²) in [6, 6.07) is 8.75. The molecule has 102 valence electrons. The Hall–Kier alpha value is -1.61. The number of benzene rings is 1. The minimum atomic E-state index is 0.210. The molecule has 1 heterocycles. The van der Waals surface area contributed by atoms with Crippen LogP contribution in [0.25, 0.3) is 0 Å². The number of nitrogens with zero attached hydrogens (tertiary/aromatic N) is 1. The zero-order chi connectivity index (χ0) is 13.9. The van der Waals surface area contributed by atoms with E-state index in [1.165, 1.54) is 11.1 Å². The van der Waals surface area contributed by atoms with Crippen LogP contribution in [-0.2, 0) is 18.5 Å². The number of rotatable bonds is 4. The molecule has 0 aliphatic heterocycles. The maximum atomic E-state index is 5.41. The van der Waals surface area contributed by atoms with Crippen molar-refractivity contribution in [2.24, 2.45) is 0 Å². The van der Waals surface area contributed by atoms with E-state index >= 15 is 0 Å². The molecular weight excluding hydrogens is 236 g/mol. The second kappa shape index (κ2) is 5.57. The summed E-state index contributed by atoms with van der Waals surface area (Å²) in [5.74, 6) is 1.59. The van der Waals surface area contributed by atoms with Crippen molar-refractivity contribution < 1.29 is 4.42 Å². The molecule has 0 saturated heterocycles. The maximum Gasteiger partial charge on any atom is 0.208 e. The SMILES string of the molecule is Cc1cnc(CNCc2ccc(C(C)(C)C)cc2)o1. The Bertz CT molecular complexity index is 520. The van der Waals surface area contributed by atoms with Gasteiger partial charge in [0.05, 0.1) is 12.7 Å². The zero-order valence-electron chi connectivity index (χ0n) is 12.2. The molecule has 3 nitrogen and oxygen atoms in total. The van der Waals surface area contributed by atoms with E-state index in [0.29, 0.717) is 6.54 Å². The van der Waals surface area contributed by atoms with Crippen molar-refractivity contribution in [2.45, 2.75) is 46.2 Å². The first-order valence-corrected chi connectivity index (χ1v) is 6.66. The fraction of sp³-hybridized carbons (Fsp3) is 0.438. The molecule has 0 radical (unpaired) electrons. The van der Waals surface area contributed by atoms with Gasteiger partial charge in [0.25, 0.3) is 0 Å². The fourth-order valence-corrected chi connectivity index (χ4v) is 1.92. The molecule has 0 aliphatic carbocycles. The predicted molar refractivity (Wildman–Crippen MR) is 76.9 cm³/mol. The summed E-state index contributed by atoms with van der Waals surface area (Å²) in [6.45, 7) is 10.1. The summed E-state index contributed by atoms with van der Waals surface area (Å²) in [7, 11) is 0. The molecule has 0 fully saturated rings. The third-order valence-electron chi connectivity index (χ3n) is 3.09. The standard InChI is InChI=1S/C16H22N2O/c1-12-9-18-15(19-12)11-17-10-13-5-7-14(8-6-13)16(2,3)4/h5-9,17H,10-11H2,1-4H3. The van der Waals surface area contributed by atoms with Gasteiger partial charge in [-0.3, -0.25) is 0 Å². The number of nitrogens with one attached hydrogen (secondary N) is 1. The van der Waals surface area contributed by atoms with Gasteiger partial charge in [0.2, 0.25) is 5.89 Å². The molecule has 1 aromatic carbocycles. The van der Waals surface area contributed by atoms with Crippen LogP contribution in [0, 0.1) is 6.92 Å². The highest BCUT2D eigenvalue weighted by Crippen LogP contribution is 2.22. The number of hydrogen-bond donors (Lipinski definition) is 1. The molecule has 0 atom stereocenters. The van der Waals surface area contributed by atoms with E-state index in [0.717, 1.165) is 18.2 Å². The lowest BCUT2D eigenvalue weighted by molar-refractivity contribution is 0.449. The van der Waals surface area contributed by atoms with Gasteiger partial charge in [0.1, 0.15) is 5.76 Å². The van der Waals surface area contributed by atoms with E-state index in [-0.39, 0.29) is 5.41 Å². The average Bonchev–Trinajstić information content (AvgIpc) is 2.75. The van der Waals surface area contributed by atoms with Crippen LogP contribution in [0.1, 0.15) is 43.5 Å². The summed E-state index contributed by atoms with van der Waals surface area (Å²) in [5, 5.41) is 3.33. The molecule has 1 aromatic heterocycles. The van der Waals surface area contributed by atoms with E-state index in [1.54, 1.807) is 6.20 Å². The third kappa shape index (κ3) is 3.93. The molecular formula is C16H22N2O. The molecule has 19 heavy (non-hydrogen) atoms. The van der Waals surface area contributed by atoms with Gasteiger partial charge in [-0.1, -0.05) is 45.0 Å². The minimum Gasteiger partial charge on any atom is -0.445 e. The second-order valence-corrected chi connectivity index (χ2v) is 5.92. The largest absolute Gasteiger partial charge is 0.445 e. The first kappa shape index (κ1) is 13.8.